The normalized spacial score (nSPS) is 14.7. The Kier molecular flexibility index (Phi) is 22.0. The Hall–Kier alpha value is -6.94. The average molecular weight is 898 g/mol. The number of amides is 8. The predicted octanol–water partition coefficient (Wildman–Crippen LogP) is -2.96. The molecule has 0 aromatic heterocycles. The van der Waals surface area contributed by atoms with Gasteiger partial charge in [0.15, 0.2) is 0 Å². The first-order valence-electron chi connectivity index (χ1n) is 20.4. The van der Waals surface area contributed by atoms with Crippen LogP contribution in [-0.2, 0) is 60.8 Å². The number of primary amides is 2. The minimum Gasteiger partial charge on any atom is -0.508 e. The first kappa shape index (κ1) is 53.2. The van der Waals surface area contributed by atoms with Crippen LogP contribution < -0.4 is 49.1 Å². The van der Waals surface area contributed by atoms with Crippen molar-refractivity contribution in [2.24, 2.45) is 23.1 Å². The molecule has 2 aromatic carbocycles. The number of carboxylic acids is 1. The molecule has 2 aromatic rings. The van der Waals surface area contributed by atoms with E-state index in [9.17, 15) is 63.3 Å². The molecule has 0 unspecified atom stereocenters. The van der Waals surface area contributed by atoms with Gasteiger partial charge in [-0.25, -0.2) is 0 Å². The van der Waals surface area contributed by atoms with Crippen LogP contribution in [0.15, 0.2) is 54.6 Å². The van der Waals surface area contributed by atoms with Gasteiger partial charge in [0.2, 0.25) is 47.3 Å². The topological polar surface area (TPSA) is 382 Å². The lowest BCUT2D eigenvalue weighted by atomic mass is 9.99. The number of carboxylic acid groups (broad SMARTS) is 1. The fourth-order valence-corrected chi connectivity index (χ4v) is 6.12. The zero-order valence-electron chi connectivity index (χ0n) is 35.8. The van der Waals surface area contributed by atoms with Gasteiger partial charge in [0.1, 0.15) is 48.3 Å². The van der Waals surface area contributed by atoms with Gasteiger partial charge in [-0.05, 0) is 55.4 Å². The third kappa shape index (κ3) is 19.4. The number of aliphatic carboxylic acids is 1. The maximum absolute atomic E-state index is 14.2. The number of carbonyl (C=O) groups excluding carboxylic acids is 9. The second-order valence-corrected chi connectivity index (χ2v) is 15.6. The summed E-state index contributed by atoms with van der Waals surface area (Å²) in [6.45, 7) is 4.64. The predicted molar refractivity (Wildman–Crippen MR) is 228 cm³/mol. The monoisotopic (exact) mass is 897 g/mol. The summed E-state index contributed by atoms with van der Waals surface area (Å²) < 4.78 is 0. The molecule has 0 bridgehead atoms. The van der Waals surface area contributed by atoms with E-state index < -0.39 is 121 Å². The smallest absolute Gasteiger partial charge is 0.303 e. The molecule has 22 heteroatoms. The molecule has 0 fully saturated rings. The Morgan fingerprint density at radius 2 is 1.06 bits per heavy atom. The number of hydrogen-bond donors (Lipinski definition) is 12. The van der Waals surface area contributed by atoms with Crippen LogP contribution in [0.3, 0.4) is 0 Å². The Bertz CT molecular complexity index is 1950. The summed E-state index contributed by atoms with van der Waals surface area (Å²) in [5.74, 6) is -9.33. The quantitative estimate of drug-likeness (QED) is 0.0380. The van der Waals surface area contributed by atoms with Gasteiger partial charge < -0.3 is 69.2 Å². The second-order valence-electron chi connectivity index (χ2n) is 15.6. The van der Waals surface area contributed by atoms with Gasteiger partial charge in [-0.1, -0.05) is 56.3 Å². The molecule has 0 saturated carbocycles. The van der Waals surface area contributed by atoms with Crippen molar-refractivity contribution in [3.63, 3.8) is 0 Å². The van der Waals surface area contributed by atoms with Crippen molar-refractivity contribution in [1.29, 1.82) is 0 Å². The molecule has 2 rings (SSSR count). The summed E-state index contributed by atoms with van der Waals surface area (Å²) in [7, 11) is 0. The summed E-state index contributed by atoms with van der Waals surface area (Å²) in [6, 6.07) is 3.93. The molecule has 0 aliphatic rings. The number of aliphatic hydroxyl groups is 1. The van der Waals surface area contributed by atoms with Crippen LogP contribution in [-0.4, -0.2) is 123 Å². The Morgan fingerprint density at radius 1 is 0.594 bits per heavy atom. The number of aliphatic hydroxyl groups excluding tert-OH is 1. The van der Waals surface area contributed by atoms with E-state index in [0.717, 1.165) is 0 Å². The number of hydrogen-bond acceptors (Lipinski definition) is 13. The van der Waals surface area contributed by atoms with E-state index in [1.54, 1.807) is 44.2 Å². The molecular formula is C42H59N9O13. The number of aromatic hydroxyl groups is 1. The van der Waals surface area contributed by atoms with Crippen LogP contribution in [0.4, 0.5) is 0 Å². The van der Waals surface area contributed by atoms with Crippen molar-refractivity contribution >= 4 is 59.5 Å². The minimum atomic E-state index is -1.77. The van der Waals surface area contributed by atoms with Gasteiger partial charge in [-0.15, -0.1) is 0 Å². The van der Waals surface area contributed by atoms with Crippen molar-refractivity contribution in [2.75, 3.05) is 0 Å². The Balaban J connectivity index is 2.47. The van der Waals surface area contributed by atoms with E-state index >= 15 is 0 Å². The van der Waals surface area contributed by atoms with Crippen LogP contribution in [0.2, 0.25) is 0 Å². The second kappa shape index (κ2) is 26.5. The van der Waals surface area contributed by atoms with Gasteiger partial charge in [0.05, 0.1) is 18.6 Å². The molecule has 350 valence electrons. The summed E-state index contributed by atoms with van der Waals surface area (Å²) in [5, 5.41) is 43.6. The standard InChI is InChI=1S/C42H59N9O13/c1-22(2)17-29(48-41(63)32(20-34(44)56)51-37(59)28(14-16-35(57)58)47-42(64)36(45)23(3)53)39(61)50-31(19-25-9-12-27(54)13-10-25)40(62)49-30(18-24-7-5-4-6-8-24)38(60)46-26(21-52)11-15-33(43)55/h4-10,12-13,21-23,26,28-32,36,53-54H,11,14-20,45H2,1-3H3,(H2,43,55)(H2,44,56)(H,46,60)(H,47,64)(H,48,63)(H,49,62)(H,50,61)(H,51,59)(H,57,58)/t23-,26+,28+,29+,30+,31+,32+,36+/m1/s1. The van der Waals surface area contributed by atoms with Gasteiger partial charge in [0.25, 0.3) is 0 Å². The zero-order valence-corrected chi connectivity index (χ0v) is 35.8. The largest absolute Gasteiger partial charge is 0.508 e. The zero-order chi connectivity index (χ0) is 48.1. The van der Waals surface area contributed by atoms with E-state index in [1.807, 2.05) is 0 Å². The van der Waals surface area contributed by atoms with E-state index in [1.165, 1.54) is 31.2 Å². The van der Waals surface area contributed by atoms with E-state index in [-0.39, 0.29) is 43.8 Å². The lowest BCUT2D eigenvalue weighted by Gasteiger charge is -2.28. The number of carbonyl (C=O) groups is 10. The van der Waals surface area contributed by atoms with Gasteiger partial charge in [0, 0.05) is 25.7 Å². The highest BCUT2D eigenvalue weighted by molar-refractivity contribution is 5.98. The third-order valence-electron chi connectivity index (χ3n) is 9.60. The molecule has 0 aliphatic heterocycles. The first-order chi connectivity index (χ1) is 30.1. The Labute approximate surface area is 369 Å². The van der Waals surface area contributed by atoms with Gasteiger partial charge >= 0.3 is 5.97 Å². The molecule has 22 nitrogen and oxygen atoms in total. The minimum absolute atomic E-state index is 0.0612. The van der Waals surface area contributed by atoms with Gasteiger partial charge in [-0.2, -0.15) is 0 Å². The molecule has 0 radical (unpaired) electrons. The molecule has 8 amide bonds. The van der Waals surface area contributed by atoms with Crippen molar-refractivity contribution < 1.29 is 63.3 Å². The van der Waals surface area contributed by atoms with E-state index in [4.69, 9.17) is 17.2 Å². The number of benzene rings is 2. The van der Waals surface area contributed by atoms with Crippen LogP contribution in [0.5, 0.6) is 5.75 Å². The molecule has 15 N–H and O–H groups in total. The number of nitrogens with one attached hydrogen (secondary N) is 6. The van der Waals surface area contributed by atoms with Crippen LogP contribution >= 0.6 is 0 Å². The van der Waals surface area contributed by atoms with Crippen LogP contribution in [0, 0.1) is 5.92 Å². The lowest BCUT2D eigenvalue weighted by Crippen LogP contribution is -2.61. The number of phenols is 1. The maximum atomic E-state index is 14.2. The molecule has 0 aliphatic carbocycles. The molecule has 0 saturated heterocycles. The number of nitrogens with two attached hydrogens (primary N) is 3. The molecule has 0 spiro atoms. The third-order valence-corrected chi connectivity index (χ3v) is 9.60. The van der Waals surface area contributed by atoms with Crippen molar-refractivity contribution in [3.8, 4) is 5.75 Å². The molecular weight excluding hydrogens is 839 g/mol. The highest BCUT2D eigenvalue weighted by atomic mass is 16.4. The van der Waals surface area contributed by atoms with Crippen molar-refractivity contribution in [1.82, 2.24) is 31.9 Å². The van der Waals surface area contributed by atoms with Crippen molar-refractivity contribution in [3.05, 3.63) is 65.7 Å². The molecule has 8 atom stereocenters. The Morgan fingerprint density at radius 3 is 1.56 bits per heavy atom. The summed E-state index contributed by atoms with van der Waals surface area (Å²) in [4.78, 5) is 128. The number of phenolic OH excluding ortho intramolecular Hbond substituents is 1. The summed E-state index contributed by atoms with van der Waals surface area (Å²) in [6.07, 6.45) is -3.54. The average Bonchev–Trinajstić information content (AvgIpc) is 3.22. The fourth-order valence-electron chi connectivity index (χ4n) is 6.12. The van der Waals surface area contributed by atoms with E-state index in [0.29, 0.717) is 17.4 Å². The van der Waals surface area contributed by atoms with Crippen molar-refractivity contribution in [2.45, 2.75) is 121 Å². The fraction of sp³-hybridized carbons (Fsp3) is 0.476. The molecule has 0 heterocycles. The highest BCUT2D eigenvalue weighted by Crippen LogP contribution is 2.14. The first-order valence-corrected chi connectivity index (χ1v) is 20.4. The lowest BCUT2D eigenvalue weighted by molar-refractivity contribution is -0.139. The number of rotatable bonds is 28. The maximum Gasteiger partial charge on any atom is 0.303 e. The van der Waals surface area contributed by atoms with E-state index in [2.05, 4.69) is 31.9 Å². The van der Waals surface area contributed by atoms with Gasteiger partial charge in [-0.3, -0.25) is 43.2 Å². The highest BCUT2D eigenvalue weighted by Gasteiger charge is 2.35. The number of aldehydes is 1. The van der Waals surface area contributed by atoms with Crippen LogP contribution in [0.25, 0.3) is 0 Å². The summed E-state index contributed by atoms with van der Waals surface area (Å²) in [5.41, 5.74) is 17.3. The molecule has 64 heavy (non-hydrogen) atoms. The van der Waals surface area contributed by atoms with Crippen LogP contribution in [0.1, 0.15) is 70.4 Å². The summed E-state index contributed by atoms with van der Waals surface area (Å²) >= 11 is 0. The SMILES string of the molecule is CC(C)C[C@H](NC(=O)[C@H](CC(N)=O)NC(=O)[C@H](CCC(=O)O)NC(=O)[C@@H](N)[C@@H](C)O)C(=O)N[C@@H](Cc1ccc(O)cc1)C(=O)N[C@@H](Cc1ccccc1)C(=O)N[C@H](C=O)CCC(N)=O.